The molecule has 1 atom stereocenters. The van der Waals surface area contributed by atoms with E-state index >= 15 is 0 Å². The number of benzene rings is 2. The maximum atomic E-state index is 13.8. The average molecular weight is 590 g/mol. The molecule has 0 N–H and O–H groups in total. The Morgan fingerprint density at radius 2 is 1.73 bits per heavy atom. The Hall–Kier alpha value is -2.83. The van der Waals surface area contributed by atoms with Crippen LogP contribution in [0.3, 0.4) is 0 Å². The number of ether oxygens (including phenoxy) is 2. The minimum absolute atomic E-state index is 0.0889. The van der Waals surface area contributed by atoms with Crippen LogP contribution in [0.5, 0.6) is 0 Å². The molecule has 2 aromatic carbocycles. The van der Waals surface area contributed by atoms with E-state index < -0.39 is 16.1 Å². The lowest BCUT2D eigenvalue weighted by Crippen LogP contribution is -2.47. The average Bonchev–Trinajstić information content (AvgIpc) is 3.35. The van der Waals surface area contributed by atoms with Gasteiger partial charge in [0, 0.05) is 25.2 Å². The van der Waals surface area contributed by atoms with Gasteiger partial charge in [-0.05, 0) is 41.2 Å². The first-order valence-electron chi connectivity index (χ1n) is 13.2. The van der Waals surface area contributed by atoms with Crippen molar-refractivity contribution in [3.63, 3.8) is 0 Å². The summed E-state index contributed by atoms with van der Waals surface area (Å²) in [6.07, 6.45) is 2.17. The lowest BCUT2D eigenvalue weighted by Gasteiger charge is -2.30. The number of hydrogen-bond acceptors (Lipinski definition) is 7. The molecule has 1 saturated heterocycles. The van der Waals surface area contributed by atoms with E-state index in [1.165, 1.54) is 4.31 Å². The van der Waals surface area contributed by atoms with Gasteiger partial charge in [0.1, 0.15) is 18.5 Å². The molecule has 0 saturated carbocycles. The zero-order chi connectivity index (χ0) is 28.7. The number of aromatic nitrogens is 3. The molecule has 1 amide bonds. The fourth-order valence-corrected chi connectivity index (χ4v) is 6.37. The van der Waals surface area contributed by atoms with Crippen LogP contribution >= 0.6 is 11.6 Å². The summed E-state index contributed by atoms with van der Waals surface area (Å²) in [6, 6.07) is 14.5. The van der Waals surface area contributed by atoms with E-state index in [-0.39, 0.29) is 44.0 Å². The second-order valence-corrected chi connectivity index (χ2v) is 12.7. The van der Waals surface area contributed by atoms with Gasteiger partial charge < -0.3 is 14.4 Å². The highest BCUT2D eigenvalue weighted by molar-refractivity contribution is 7.89. The maximum Gasteiger partial charge on any atom is 0.241 e. The molecule has 0 bridgehead atoms. The van der Waals surface area contributed by atoms with Gasteiger partial charge >= 0.3 is 0 Å². The molecule has 0 spiro atoms. The number of amides is 1. The van der Waals surface area contributed by atoms with E-state index in [0.29, 0.717) is 30.3 Å². The van der Waals surface area contributed by atoms with Gasteiger partial charge in [-0.2, -0.15) is 4.31 Å². The highest BCUT2D eigenvalue weighted by Crippen LogP contribution is 2.27. The summed E-state index contributed by atoms with van der Waals surface area (Å²) in [5.74, 6) is -0.257. The van der Waals surface area contributed by atoms with Crippen molar-refractivity contribution < 1.29 is 22.7 Å². The summed E-state index contributed by atoms with van der Waals surface area (Å²) in [5, 5.41) is 8.95. The monoisotopic (exact) mass is 589 g/mol. The molecule has 12 heteroatoms. The topological polar surface area (TPSA) is 107 Å². The van der Waals surface area contributed by atoms with Crippen LogP contribution < -0.4 is 0 Å². The van der Waals surface area contributed by atoms with Crippen molar-refractivity contribution in [2.45, 2.75) is 45.9 Å². The predicted octanol–water partition coefficient (Wildman–Crippen LogP) is 3.81. The maximum absolute atomic E-state index is 13.8. The molecule has 40 heavy (non-hydrogen) atoms. The molecule has 10 nitrogen and oxygen atoms in total. The van der Waals surface area contributed by atoms with Crippen molar-refractivity contribution in [3.8, 4) is 11.1 Å². The Morgan fingerprint density at radius 1 is 1.05 bits per heavy atom. The van der Waals surface area contributed by atoms with Crippen molar-refractivity contribution in [1.29, 1.82) is 0 Å². The normalized spacial score (nSPS) is 17.9. The summed E-state index contributed by atoms with van der Waals surface area (Å²) in [5.41, 5.74) is 3.42. The zero-order valence-electron chi connectivity index (χ0n) is 23.1. The third-order valence-electron chi connectivity index (χ3n) is 6.69. The quantitative estimate of drug-likeness (QED) is 0.234. The van der Waals surface area contributed by atoms with Crippen LogP contribution in [-0.4, -0.2) is 77.4 Å². The molecule has 1 unspecified atom stereocenters. The molecule has 1 fully saturated rings. The van der Waals surface area contributed by atoms with Crippen LogP contribution in [0.1, 0.15) is 31.5 Å². The second-order valence-electron chi connectivity index (χ2n) is 10.3. The zero-order valence-corrected chi connectivity index (χ0v) is 24.6. The van der Waals surface area contributed by atoms with Crippen LogP contribution in [-0.2, 0) is 43.9 Å². The standard InChI is InChI=1S/C28H36ClN5O5S/c1-21(2)16-27-28(35)32(18-26-19-33(31-30-26)12-14-39-20-38-3)13-15-40(36,37)34(27)17-22-4-6-23(7-5-22)24-8-10-25(29)11-9-24/h4-11,19,21,27H,12-18,20H2,1-3H3. The molecule has 216 valence electrons. The van der Waals surface area contributed by atoms with E-state index in [2.05, 4.69) is 10.3 Å². The van der Waals surface area contributed by atoms with E-state index in [4.69, 9.17) is 21.1 Å². The van der Waals surface area contributed by atoms with Crippen LogP contribution in [0.4, 0.5) is 0 Å². The SMILES string of the molecule is COCOCCn1cc(CN2CCS(=O)(=O)N(Cc3ccc(-c4ccc(Cl)cc4)cc3)C(CC(C)C)C2=O)nn1. The van der Waals surface area contributed by atoms with Crippen molar-refractivity contribution >= 4 is 27.5 Å². The lowest BCUT2D eigenvalue weighted by molar-refractivity contribution is -0.136. The van der Waals surface area contributed by atoms with Crippen molar-refractivity contribution in [2.75, 3.05) is 32.8 Å². The number of methoxy groups -OCH3 is 1. The number of carbonyl (C=O) groups is 1. The van der Waals surface area contributed by atoms with E-state index in [1.807, 2.05) is 62.4 Å². The lowest BCUT2D eigenvalue weighted by atomic mass is 10.0. The van der Waals surface area contributed by atoms with Crippen molar-refractivity contribution in [2.24, 2.45) is 5.92 Å². The number of hydrogen-bond donors (Lipinski definition) is 0. The minimum atomic E-state index is -3.70. The van der Waals surface area contributed by atoms with Crippen molar-refractivity contribution in [3.05, 3.63) is 71.0 Å². The van der Waals surface area contributed by atoms with Gasteiger partial charge in [-0.15, -0.1) is 5.10 Å². The number of nitrogens with zero attached hydrogens (tertiary/aromatic N) is 5. The molecule has 2 heterocycles. The molecule has 3 aromatic rings. The summed E-state index contributed by atoms with van der Waals surface area (Å²) < 4.78 is 40.2. The first-order valence-corrected chi connectivity index (χ1v) is 15.2. The van der Waals surface area contributed by atoms with Gasteiger partial charge in [0.2, 0.25) is 15.9 Å². The highest BCUT2D eigenvalue weighted by Gasteiger charge is 2.41. The Balaban J connectivity index is 1.51. The fraction of sp³-hybridized carbons (Fsp3) is 0.464. The predicted molar refractivity (Wildman–Crippen MR) is 153 cm³/mol. The summed E-state index contributed by atoms with van der Waals surface area (Å²) >= 11 is 6.01. The van der Waals surface area contributed by atoms with Gasteiger partial charge in [-0.1, -0.05) is 67.1 Å². The third-order valence-corrected chi connectivity index (χ3v) is 8.74. The Bertz CT molecular complexity index is 1360. The summed E-state index contributed by atoms with van der Waals surface area (Å²) in [6.45, 7) is 5.47. The first kappa shape index (κ1) is 30.1. The van der Waals surface area contributed by atoms with E-state index in [9.17, 15) is 13.2 Å². The molecule has 0 aliphatic carbocycles. The number of halogens is 1. The van der Waals surface area contributed by atoms with Crippen LogP contribution in [0.15, 0.2) is 54.7 Å². The Labute approximate surface area is 240 Å². The molecule has 4 rings (SSSR count). The minimum Gasteiger partial charge on any atom is -0.359 e. The smallest absolute Gasteiger partial charge is 0.241 e. The van der Waals surface area contributed by atoms with E-state index in [0.717, 1.165) is 16.7 Å². The van der Waals surface area contributed by atoms with Gasteiger partial charge in [-0.25, -0.2) is 13.1 Å². The van der Waals surface area contributed by atoms with Gasteiger partial charge in [0.25, 0.3) is 0 Å². The Kier molecular flexibility index (Phi) is 10.3. The van der Waals surface area contributed by atoms with Crippen LogP contribution in [0.2, 0.25) is 5.02 Å². The molecular formula is C28H36ClN5O5S. The third kappa shape index (κ3) is 7.88. The van der Waals surface area contributed by atoms with Crippen LogP contribution in [0.25, 0.3) is 11.1 Å². The molecule has 0 radical (unpaired) electrons. The van der Waals surface area contributed by atoms with E-state index in [1.54, 1.807) is 22.9 Å². The first-order chi connectivity index (χ1) is 19.2. The second kappa shape index (κ2) is 13.7. The van der Waals surface area contributed by atoms with Gasteiger partial charge in [-0.3, -0.25) is 4.79 Å². The van der Waals surface area contributed by atoms with Gasteiger partial charge in [0.15, 0.2) is 0 Å². The molecule has 1 aromatic heterocycles. The van der Waals surface area contributed by atoms with Crippen molar-refractivity contribution in [1.82, 2.24) is 24.2 Å². The van der Waals surface area contributed by atoms with Crippen LogP contribution in [0, 0.1) is 5.92 Å². The summed E-state index contributed by atoms with van der Waals surface area (Å²) in [4.78, 5) is 15.4. The molecular weight excluding hydrogens is 554 g/mol. The fourth-order valence-electron chi connectivity index (χ4n) is 4.65. The number of rotatable bonds is 12. The molecule has 1 aliphatic heterocycles. The highest BCUT2D eigenvalue weighted by atomic mass is 35.5. The largest absolute Gasteiger partial charge is 0.359 e. The molecule has 1 aliphatic rings. The summed E-state index contributed by atoms with van der Waals surface area (Å²) in [7, 11) is -2.15. The number of carbonyl (C=O) groups excluding carboxylic acids is 1. The number of sulfonamides is 1. The Morgan fingerprint density at radius 3 is 2.38 bits per heavy atom. The van der Waals surface area contributed by atoms with Gasteiger partial charge in [0.05, 0.1) is 31.6 Å².